The molecule has 2 aromatic carbocycles. The van der Waals surface area contributed by atoms with Crippen LogP contribution in [0.15, 0.2) is 30.3 Å². The van der Waals surface area contributed by atoms with Crippen molar-refractivity contribution in [3.05, 3.63) is 41.5 Å². The maximum absolute atomic E-state index is 12.6. The van der Waals surface area contributed by atoms with Gasteiger partial charge in [-0.2, -0.15) is 0 Å². The number of carbonyl (C=O) groups is 2. The molecule has 0 aromatic heterocycles. The summed E-state index contributed by atoms with van der Waals surface area (Å²) in [6.07, 6.45) is 10.2. The van der Waals surface area contributed by atoms with Crippen LogP contribution in [0.5, 0.6) is 28.7 Å². The predicted octanol–water partition coefficient (Wildman–Crippen LogP) is 6.64. The van der Waals surface area contributed by atoms with Gasteiger partial charge in [0.2, 0.25) is 0 Å². The van der Waals surface area contributed by atoms with Gasteiger partial charge in [-0.1, -0.05) is 64.4 Å². The van der Waals surface area contributed by atoms with Crippen molar-refractivity contribution in [1.29, 1.82) is 0 Å². The SMILES string of the molecule is CCCCCCCCCCCC(=O)Oc1cc(C2CC(=O)c3c(O)cc(O)cc3O2)ccc1OC. The minimum atomic E-state index is -0.656. The normalized spacial score (nSPS) is 14.8. The zero-order chi connectivity index (χ0) is 25.2. The summed E-state index contributed by atoms with van der Waals surface area (Å²) in [6, 6.07) is 7.45. The van der Waals surface area contributed by atoms with Gasteiger partial charge >= 0.3 is 5.97 Å². The Bertz CT molecular complexity index is 1010. The number of hydrogen-bond acceptors (Lipinski definition) is 7. The molecule has 1 aliphatic rings. The molecule has 2 N–H and O–H groups in total. The Morgan fingerprint density at radius 1 is 0.971 bits per heavy atom. The van der Waals surface area contributed by atoms with Gasteiger partial charge < -0.3 is 24.4 Å². The Labute approximate surface area is 207 Å². The van der Waals surface area contributed by atoms with Crippen LogP contribution in [-0.2, 0) is 4.79 Å². The number of rotatable bonds is 13. The third kappa shape index (κ3) is 7.38. The summed E-state index contributed by atoms with van der Waals surface area (Å²) in [5, 5.41) is 19.8. The van der Waals surface area contributed by atoms with E-state index in [2.05, 4.69) is 6.92 Å². The molecule has 0 fully saturated rings. The Balaban J connectivity index is 1.56. The lowest BCUT2D eigenvalue weighted by Gasteiger charge is -2.26. The van der Waals surface area contributed by atoms with Crippen molar-refractivity contribution >= 4 is 11.8 Å². The fourth-order valence-corrected chi connectivity index (χ4v) is 4.34. The number of ketones is 1. The first-order chi connectivity index (χ1) is 16.9. The average molecular weight is 485 g/mol. The van der Waals surface area contributed by atoms with Gasteiger partial charge in [0.25, 0.3) is 0 Å². The van der Waals surface area contributed by atoms with Crippen LogP contribution in [0, 0.1) is 0 Å². The molecule has 35 heavy (non-hydrogen) atoms. The van der Waals surface area contributed by atoms with E-state index in [9.17, 15) is 19.8 Å². The van der Waals surface area contributed by atoms with Crippen LogP contribution in [0.3, 0.4) is 0 Å². The lowest BCUT2D eigenvalue weighted by molar-refractivity contribution is -0.134. The Kier molecular flexibility index (Phi) is 9.82. The van der Waals surface area contributed by atoms with Crippen LogP contribution >= 0.6 is 0 Å². The quantitative estimate of drug-likeness (QED) is 0.187. The third-order valence-corrected chi connectivity index (χ3v) is 6.25. The number of Topliss-reactive ketones (excluding diaryl/α,β-unsaturated/α-hetero) is 1. The van der Waals surface area contributed by atoms with Crippen molar-refractivity contribution < 1.29 is 34.0 Å². The largest absolute Gasteiger partial charge is 0.508 e. The van der Waals surface area contributed by atoms with Gasteiger partial charge in [0, 0.05) is 18.6 Å². The van der Waals surface area contributed by atoms with Gasteiger partial charge in [-0.15, -0.1) is 0 Å². The summed E-state index contributed by atoms with van der Waals surface area (Å²) in [5.74, 6) is -0.348. The molecule has 3 rings (SSSR count). The molecule has 190 valence electrons. The fraction of sp³-hybridized carbons (Fsp3) is 0.500. The topological polar surface area (TPSA) is 102 Å². The number of benzene rings is 2. The van der Waals surface area contributed by atoms with Gasteiger partial charge in [-0.3, -0.25) is 9.59 Å². The van der Waals surface area contributed by atoms with E-state index in [1.807, 2.05) is 0 Å². The first-order valence-corrected chi connectivity index (χ1v) is 12.6. The highest BCUT2D eigenvalue weighted by Crippen LogP contribution is 2.42. The first-order valence-electron chi connectivity index (χ1n) is 12.6. The van der Waals surface area contributed by atoms with Gasteiger partial charge in [0.15, 0.2) is 17.3 Å². The van der Waals surface area contributed by atoms with E-state index in [0.717, 1.165) is 25.3 Å². The fourth-order valence-electron chi connectivity index (χ4n) is 4.34. The second kappa shape index (κ2) is 13.0. The zero-order valence-electron chi connectivity index (χ0n) is 20.7. The van der Waals surface area contributed by atoms with Crippen molar-refractivity contribution in [1.82, 2.24) is 0 Å². The summed E-state index contributed by atoms with van der Waals surface area (Å²) in [7, 11) is 1.50. The number of carbonyl (C=O) groups excluding carboxylic acids is 2. The molecule has 0 aliphatic carbocycles. The standard InChI is InChI=1S/C28H36O7/c1-3-4-5-6-7-8-9-10-11-12-27(32)35-25-15-19(13-14-23(25)33-2)24-18-22(31)28-21(30)16-20(29)17-26(28)34-24/h13-17,24,29-30H,3-12,18H2,1-2H3. The summed E-state index contributed by atoms with van der Waals surface area (Å²) in [4.78, 5) is 25.1. The molecule has 7 heteroatoms. The summed E-state index contributed by atoms with van der Waals surface area (Å²) < 4.78 is 16.8. The van der Waals surface area contributed by atoms with E-state index in [0.29, 0.717) is 17.7 Å². The average Bonchev–Trinajstić information content (AvgIpc) is 2.82. The van der Waals surface area contributed by atoms with Crippen molar-refractivity contribution in [2.75, 3.05) is 7.11 Å². The van der Waals surface area contributed by atoms with Crippen LogP contribution in [0.1, 0.15) is 99.6 Å². The smallest absolute Gasteiger partial charge is 0.311 e. The van der Waals surface area contributed by atoms with Crippen LogP contribution in [0.2, 0.25) is 0 Å². The zero-order valence-corrected chi connectivity index (χ0v) is 20.7. The summed E-state index contributed by atoms with van der Waals surface area (Å²) in [6.45, 7) is 2.22. The highest BCUT2D eigenvalue weighted by Gasteiger charge is 2.31. The van der Waals surface area contributed by atoms with E-state index < -0.39 is 6.10 Å². The number of phenols is 2. The minimum Gasteiger partial charge on any atom is -0.508 e. The molecule has 1 heterocycles. The molecule has 0 amide bonds. The van der Waals surface area contributed by atoms with Crippen LogP contribution in [0.4, 0.5) is 0 Å². The van der Waals surface area contributed by atoms with E-state index in [4.69, 9.17) is 14.2 Å². The monoisotopic (exact) mass is 484 g/mol. The molecule has 0 bridgehead atoms. The molecule has 0 radical (unpaired) electrons. The number of hydrogen-bond donors (Lipinski definition) is 2. The number of methoxy groups -OCH3 is 1. The van der Waals surface area contributed by atoms with E-state index >= 15 is 0 Å². The molecular formula is C28H36O7. The van der Waals surface area contributed by atoms with Crippen LogP contribution in [0.25, 0.3) is 0 Å². The molecule has 0 saturated carbocycles. The van der Waals surface area contributed by atoms with Crippen molar-refractivity contribution in [3.8, 4) is 28.7 Å². The molecule has 0 saturated heterocycles. The van der Waals surface area contributed by atoms with Crippen molar-refractivity contribution in [2.45, 2.75) is 83.7 Å². The Morgan fingerprint density at radius 2 is 1.66 bits per heavy atom. The number of ether oxygens (including phenoxy) is 3. The number of esters is 1. The molecule has 0 spiro atoms. The van der Waals surface area contributed by atoms with Crippen molar-refractivity contribution in [2.24, 2.45) is 0 Å². The van der Waals surface area contributed by atoms with Crippen LogP contribution in [-0.4, -0.2) is 29.1 Å². The summed E-state index contributed by atoms with van der Waals surface area (Å²) >= 11 is 0. The molecule has 1 unspecified atom stereocenters. The molecule has 7 nitrogen and oxygen atoms in total. The second-order valence-electron chi connectivity index (χ2n) is 9.03. The maximum atomic E-state index is 12.6. The Hall–Kier alpha value is -3.22. The van der Waals surface area contributed by atoms with Crippen molar-refractivity contribution in [3.63, 3.8) is 0 Å². The number of fused-ring (bicyclic) bond motifs is 1. The highest BCUT2D eigenvalue weighted by atomic mass is 16.6. The van der Waals surface area contributed by atoms with Gasteiger partial charge in [-0.05, 0) is 24.1 Å². The van der Waals surface area contributed by atoms with Crippen LogP contribution < -0.4 is 14.2 Å². The lowest BCUT2D eigenvalue weighted by Crippen LogP contribution is -2.20. The Morgan fingerprint density at radius 3 is 2.34 bits per heavy atom. The second-order valence-corrected chi connectivity index (χ2v) is 9.03. The molecular weight excluding hydrogens is 448 g/mol. The predicted molar refractivity (Wildman–Crippen MR) is 133 cm³/mol. The summed E-state index contributed by atoms with van der Waals surface area (Å²) in [5.41, 5.74) is 0.679. The van der Waals surface area contributed by atoms with Gasteiger partial charge in [0.05, 0.1) is 13.5 Å². The number of unbranched alkanes of at least 4 members (excludes halogenated alkanes) is 8. The number of phenolic OH excluding ortho intramolecular Hbond substituents is 2. The van der Waals surface area contributed by atoms with E-state index in [1.165, 1.54) is 51.7 Å². The molecule has 1 aliphatic heterocycles. The third-order valence-electron chi connectivity index (χ3n) is 6.25. The van der Waals surface area contributed by atoms with E-state index in [-0.39, 0.29) is 46.7 Å². The highest BCUT2D eigenvalue weighted by molar-refractivity contribution is 6.02. The molecule has 1 atom stereocenters. The van der Waals surface area contributed by atoms with Gasteiger partial charge in [0.1, 0.15) is 28.9 Å². The molecule has 2 aromatic rings. The minimum absolute atomic E-state index is 0.00347. The van der Waals surface area contributed by atoms with Gasteiger partial charge in [-0.25, -0.2) is 0 Å². The maximum Gasteiger partial charge on any atom is 0.311 e. The number of aromatic hydroxyl groups is 2. The first kappa shape index (κ1) is 26.4. The van der Waals surface area contributed by atoms with E-state index in [1.54, 1.807) is 18.2 Å². The lowest BCUT2D eigenvalue weighted by atomic mass is 9.95.